The fourth-order valence-corrected chi connectivity index (χ4v) is 9.49. The second-order valence-electron chi connectivity index (χ2n) is 15.2. The van der Waals surface area contributed by atoms with Crippen LogP contribution in [0.1, 0.15) is 5.48 Å². The first-order chi connectivity index (χ1) is 30.0. The molecule has 1 heteroatoms. The van der Waals surface area contributed by atoms with Crippen molar-refractivity contribution in [1.82, 2.24) is 0 Å². The summed E-state index contributed by atoms with van der Waals surface area (Å²) in [6.07, 6.45) is 0. The topological polar surface area (TPSA) is 13.1 Å². The summed E-state index contributed by atoms with van der Waals surface area (Å²) in [4.78, 5) is 0. The molecule has 13 aromatic rings. The Morgan fingerprint density at radius 3 is 1.05 bits per heavy atom. The predicted molar refractivity (Wildman–Crippen MR) is 243 cm³/mol. The minimum absolute atomic E-state index is 0.125. The van der Waals surface area contributed by atoms with Crippen LogP contribution in [0.5, 0.6) is 0 Å². The third-order valence-electron chi connectivity index (χ3n) is 12.1. The van der Waals surface area contributed by atoms with Gasteiger partial charge >= 0.3 is 0 Å². The Bertz CT molecular complexity index is 3670. The maximum Gasteiger partial charge on any atom is 0.143 e. The summed E-state index contributed by atoms with van der Waals surface area (Å²) in [6.45, 7) is 0. The monoisotopic (exact) mass is 724 g/mol. The van der Waals surface area contributed by atoms with E-state index >= 15 is 0 Å². The lowest BCUT2D eigenvalue weighted by molar-refractivity contribution is 0.671. The number of furan rings is 1. The van der Waals surface area contributed by atoms with Crippen molar-refractivity contribution in [2.75, 3.05) is 0 Å². The molecule has 1 nitrogen and oxygen atoms in total. The van der Waals surface area contributed by atoms with Crippen LogP contribution >= 0.6 is 0 Å². The van der Waals surface area contributed by atoms with Gasteiger partial charge in [-0.05, 0) is 122 Å². The Kier molecular flexibility index (Phi) is 5.49. The predicted octanol–water partition coefficient (Wildman–Crippen LogP) is 16.0. The van der Waals surface area contributed by atoms with E-state index in [1.807, 2.05) is 72.8 Å². The van der Waals surface area contributed by atoms with Crippen molar-refractivity contribution in [3.05, 3.63) is 194 Å². The normalized spacial score (nSPS) is 13.2. The Morgan fingerprint density at radius 2 is 0.632 bits per heavy atom. The molecular weight excluding hydrogens is 689 g/mol. The number of hydrogen-bond acceptors (Lipinski definition) is 1. The zero-order valence-corrected chi connectivity index (χ0v) is 30.6. The highest BCUT2D eigenvalue weighted by molar-refractivity contribution is 6.27. The van der Waals surface area contributed by atoms with Gasteiger partial charge < -0.3 is 4.42 Å². The molecule has 0 aliphatic heterocycles. The summed E-state index contributed by atoms with van der Waals surface area (Å²) in [7, 11) is 0. The van der Waals surface area contributed by atoms with Crippen molar-refractivity contribution >= 4 is 86.6 Å². The van der Waals surface area contributed by atoms with Crippen LogP contribution < -0.4 is 0 Å². The summed E-state index contributed by atoms with van der Waals surface area (Å²) < 4.78 is 47.7. The largest absolute Gasteiger partial charge is 0.455 e. The van der Waals surface area contributed by atoms with E-state index in [1.54, 1.807) is 0 Å². The van der Waals surface area contributed by atoms with Crippen molar-refractivity contribution in [3.8, 4) is 44.5 Å². The van der Waals surface area contributed by atoms with Crippen molar-refractivity contribution in [1.29, 1.82) is 0 Å². The first-order valence-electron chi connectivity index (χ1n) is 21.4. The highest BCUT2D eigenvalue weighted by Crippen LogP contribution is 2.48. The van der Waals surface area contributed by atoms with Crippen LogP contribution in [0.4, 0.5) is 0 Å². The van der Waals surface area contributed by atoms with Gasteiger partial charge in [0.25, 0.3) is 0 Å². The van der Waals surface area contributed by atoms with E-state index in [2.05, 4.69) is 97.1 Å². The molecule has 0 N–H and O–H groups in total. The first kappa shape index (κ1) is 27.2. The zero-order chi connectivity index (χ0) is 40.7. The molecule has 57 heavy (non-hydrogen) atoms. The summed E-state index contributed by atoms with van der Waals surface area (Å²) in [5.41, 5.74) is 5.93. The zero-order valence-electron chi connectivity index (χ0n) is 34.6. The summed E-state index contributed by atoms with van der Waals surface area (Å²) in [5, 5.41) is 14.2. The van der Waals surface area contributed by atoms with Crippen LogP contribution in [0.3, 0.4) is 0 Å². The van der Waals surface area contributed by atoms with Gasteiger partial charge in [0.1, 0.15) is 11.2 Å². The Labute approximate surface area is 333 Å². The molecule has 1 aromatic heterocycles. The Hall–Kier alpha value is -7.48. The number of hydrogen-bond donors (Lipinski definition) is 0. The highest BCUT2D eigenvalue weighted by atomic mass is 16.3. The van der Waals surface area contributed by atoms with Crippen molar-refractivity contribution in [3.63, 3.8) is 0 Å². The quantitative estimate of drug-likeness (QED) is 0.165. The van der Waals surface area contributed by atoms with Gasteiger partial charge in [0.15, 0.2) is 0 Å². The van der Waals surface area contributed by atoms with E-state index in [9.17, 15) is 5.48 Å². The highest BCUT2D eigenvalue weighted by Gasteiger charge is 2.22. The molecule has 0 radical (unpaired) electrons. The van der Waals surface area contributed by atoms with Gasteiger partial charge in [-0.2, -0.15) is 0 Å². The third-order valence-corrected chi connectivity index (χ3v) is 12.1. The molecule has 1 heterocycles. The van der Waals surface area contributed by atoms with Gasteiger partial charge in [0, 0.05) is 21.9 Å². The second kappa shape index (κ2) is 11.5. The molecule has 13 rings (SSSR count). The van der Waals surface area contributed by atoms with Gasteiger partial charge in [-0.1, -0.05) is 170 Å². The maximum absolute atomic E-state index is 10.3. The van der Waals surface area contributed by atoms with E-state index in [-0.39, 0.29) is 24.2 Å². The van der Waals surface area contributed by atoms with E-state index in [4.69, 9.17) is 4.42 Å². The van der Waals surface area contributed by atoms with Gasteiger partial charge in [0.05, 0.1) is 5.48 Å². The number of benzene rings is 12. The Balaban J connectivity index is 1.22. The van der Waals surface area contributed by atoms with Crippen LogP contribution in [-0.2, 0) is 0 Å². The Morgan fingerprint density at radius 1 is 0.263 bits per heavy atom. The molecule has 0 spiro atoms. The number of fused-ring (bicyclic) bond motifs is 3. The van der Waals surface area contributed by atoms with Crippen LogP contribution in [0.2, 0.25) is 0 Å². The third kappa shape index (κ3) is 4.40. The standard InChI is InChI=1S/C56H32O/c1-3-9-33(10-4-1)47-29-41(43-25-21-39-19-17-35-13-7-15-37-23-27-45(43)53(39)51(35)37)31-49-50-32-42(30-48(56(50)57-55(47)49)34-11-5-2-6-12-34)44-26-22-40-20-18-36-14-8-16-38-24-28-46(44)54(40)52(36)38/h1-32H/i29D,30D,31D,32D. The molecule has 0 saturated heterocycles. The van der Waals surface area contributed by atoms with Gasteiger partial charge in [-0.3, -0.25) is 0 Å². The van der Waals surface area contributed by atoms with Gasteiger partial charge in [-0.15, -0.1) is 0 Å². The van der Waals surface area contributed by atoms with Crippen LogP contribution in [0.25, 0.3) is 131 Å². The molecule has 0 fully saturated rings. The van der Waals surface area contributed by atoms with Crippen molar-refractivity contribution < 1.29 is 9.90 Å². The number of rotatable bonds is 4. The van der Waals surface area contributed by atoms with E-state index < -0.39 is 0 Å². The maximum atomic E-state index is 10.3. The fraction of sp³-hybridized carbons (Fsp3) is 0. The molecular formula is C56H32O. The minimum Gasteiger partial charge on any atom is -0.455 e. The molecule has 262 valence electrons. The lowest BCUT2D eigenvalue weighted by atomic mass is 9.87. The lowest BCUT2D eigenvalue weighted by Crippen LogP contribution is -1.89. The van der Waals surface area contributed by atoms with Gasteiger partial charge in [0.2, 0.25) is 0 Å². The SMILES string of the molecule is [2H]c1c(-c2ccc3ccc4cccc5ccc2c3c45)c([2H])c2c(oc3c(-c4ccccc4)c([2H])c(-c4ccc5ccc6cccc7ccc4c5c67)c([2H])c32)c1-c1ccccc1. The lowest BCUT2D eigenvalue weighted by Gasteiger charge is -2.15. The molecule has 0 amide bonds. The molecule has 0 aliphatic rings. The molecule has 0 aliphatic carbocycles. The second-order valence-corrected chi connectivity index (χ2v) is 15.2. The van der Waals surface area contributed by atoms with Crippen molar-refractivity contribution in [2.45, 2.75) is 0 Å². The molecule has 12 aromatic carbocycles. The van der Waals surface area contributed by atoms with E-state index in [1.165, 1.54) is 0 Å². The van der Waals surface area contributed by atoms with E-state index in [0.29, 0.717) is 44.2 Å². The average Bonchev–Trinajstić information content (AvgIpc) is 3.69. The van der Waals surface area contributed by atoms with Crippen LogP contribution in [-0.4, -0.2) is 0 Å². The fourth-order valence-electron chi connectivity index (χ4n) is 9.49. The molecule has 0 saturated carbocycles. The first-order valence-corrected chi connectivity index (χ1v) is 19.4. The average molecular weight is 725 g/mol. The summed E-state index contributed by atoms with van der Waals surface area (Å²) >= 11 is 0. The molecule has 0 atom stereocenters. The van der Waals surface area contributed by atoms with Crippen LogP contribution in [0.15, 0.2) is 198 Å². The van der Waals surface area contributed by atoms with Crippen molar-refractivity contribution in [2.24, 2.45) is 0 Å². The minimum atomic E-state index is 0.125. The molecule has 0 bridgehead atoms. The van der Waals surface area contributed by atoms with Crippen LogP contribution in [0, 0.1) is 0 Å². The van der Waals surface area contributed by atoms with E-state index in [0.717, 1.165) is 86.9 Å². The van der Waals surface area contributed by atoms with Gasteiger partial charge in [-0.25, -0.2) is 0 Å². The smallest absolute Gasteiger partial charge is 0.143 e. The molecule has 0 unspecified atom stereocenters. The summed E-state index contributed by atoms with van der Waals surface area (Å²) in [5.74, 6) is 0. The summed E-state index contributed by atoms with van der Waals surface area (Å²) in [6, 6.07) is 58.4.